The highest BCUT2D eigenvalue weighted by Gasteiger charge is 2.67. The maximum Gasteiger partial charge on any atom is 0.314 e. The summed E-state index contributed by atoms with van der Waals surface area (Å²) in [5.41, 5.74) is -0.372. The van der Waals surface area contributed by atoms with Gasteiger partial charge in [0.25, 0.3) is 0 Å². The third kappa shape index (κ3) is 1.47. The van der Waals surface area contributed by atoms with Gasteiger partial charge in [-0.2, -0.15) is 0 Å². The Kier molecular flexibility index (Phi) is 2.36. The normalized spacial score (nSPS) is 33.1. The fourth-order valence-corrected chi connectivity index (χ4v) is 2.36. The maximum atomic E-state index is 11.3. The number of halogens is 2. The van der Waals surface area contributed by atoms with Crippen molar-refractivity contribution in [1.82, 2.24) is 0 Å². The molecule has 0 N–H and O–H groups in total. The molecule has 4 heteroatoms. The molecule has 2 nitrogen and oxygen atoms in total. The van der Waals surface area contributed by atoms with Crippen LogP contribution >= 0.6 is 31.9 Å². The molecule has 0 amide bonds. The lowest BCUT2D eigenvalue weighted by atomic mass is 10.1. The maximum absolute atomic E-state index is 11.3. The van der Waals surface area contributed by atoms with E-state index in [0.29, 0.717) is 6.61 Å². The lowest BCUT2D eigenvalue weighted by Crippen LogP contribution is -2.20. The van der Waals surface area contributed by atoms with Crippen LogP contribution in [0.15, 0.2) is 0 Å². The largest absolute Gasteiger partial charge is 0.466 e. The fraction of sp³-hybridized carbons (Fsp3) is 0.857. The molecule has 1 unspecified atom stereocenters. The van der Waals surface area contributed by atoms with E-state index in [-0.39, 0.29) is 14.6 Å². The van der Waals surface area contributed by atoms with E-state index in [1.165, 1.54) is 0 Å². The molecule has 0 aromatic rings. The van der Waals surface area contributed by atoms with Gasteiger partial charge < -0.3 is 4.74 Å². The molecule has 0 aromatic heterocycles. The highest BCUT2D eigenvalue weighted by molar-refractivity contribution is 9.25. The molecule has 0 saturated heterocycles. The lowest BCUT2D eigenvalue weighted by molar-refractivity contribution is -0.148. The zero-order valence-electron chi connectivity index (χ0n) is 6.49. The van der Waals surface area contributed by atoms with Gasteiger partial charge in [-0.3, -0.25) is 4.79 Å². The number of carbonyl (C=O) groups is 1. The Morgan fingerprint density at radius 3 is 2.36 bits per heavy atom. The van der Waals surface area contributed by atoms with Crippen molar-refractivity contribution in [3.05, 3.63) is 0 Å². The summed E-state index contributed by atoms with van der Waals surface area (Å²) >= 11 is 6.79. The van der Waals surface area contributed by atoms with E-state index < -0.39 is 0 Å². The molecule has 11 heavy (non-hydrogen) atoms. The summed E-state index contributed by atoms with van der Waals surface area (Å²) in [6.45, 7) is 4.15. The second-order valence-corrected chi connectivity index (χ2v) is 6.71. The third-order valence-corrected chi connectivity index (χ3v) is 4.29. The Bertz CT molecular complexity index is 191. The number of alkyl halides is 2. The van der Waals surface area contributed by atoms with E-state index >= 15 is 0 Å². The van der Waals surface area contributed by atoms with Crippen LogP contribution in [-0.2, 0) is 9.53 Å². The van der Waals surface area contributed by atoms with Gasteiger partial charge >= 0.3 is 5.97 Å². The lowest BCUT2D eigenvalue weighted by Gasteiger charge is -2.09. The highest BCUT2D eigenvalue weighted by atomic mass is 79.9. The predicted molar refractivity (Wildman–Crippen MR) is 49.9 cm³/mol. The molecule has 0 aliphatic heterocycles. The Hall–Kier alpha value is 0.430. The van der Waals surface area contributed by atoms with E-state index in [1.54, 1.807) is 0 Å². The van der Waals surface area contributed by atoms with Gasteiger partial charge in [0.1, 0.15) is 0 Å². The van der Waals surface area contributed by atoms with Gasteiger partial charge in [0.2, 0.25) is 0 Å². The Morgan fingerprint density at radius 2 is 2.09 bits per heavy atom. The van der Waals surface area contributed by atoms with Crippen LogP contribution in [0, 0.1) is 5.41 Å². The monoisotopic (exact) mass is 284 g/mol. The number of rotatable bonds is 2. The van der Waals surface area contributed by atoms with Crippen molar-refractivity contribution in [2.45, 2.75) is 23.5 Å². The van der Waals surface area contributed by atoms with Crippen LogP contribution < -0.4 is 0 Å². The molecule has 1 atom stereocenters. The zero-order valence-corrected chi connectivity index (χ0v) is 9.66. The second-order valence-electron chi connectivity index (χ2n) is 2.93. The van der Waals surface area contributed by atoms with Crippen LogP contribution in [0.2, 0.25) is 0 Å². The zero-order chi connectivity index (χ0) is 8.70. The summed E-state index contributed by atoms with van der Waals surface area (Å²) in [6.07, 6.45) is 0.791. The first-order chi connectivity index (χ1) is 4.94. The van der Waals surface area contributed by atoms with Crippen molar-refractivity contribution in [3.8, 4) is 0 Å². The molecule has 1 rings (SSSR count). The molecule has 1 aliphatic carbocycles. The molecule has 0 spiro atoms. The molecular formula is C7H10Br2O2. The standard InChI is InChI=1S/C7H10Br2O2/c1-3-11-5(10)6(2)4-7(6,8)9/h3-4H2,1-2H3. The topological polar surface area (TPSA) is 26.3 Å². The molecule has 1 saturated carbocycles. The summed E-state index contributed by atoms with van der Waals surface area (Å²) in [5, 5.41) is 0. The van der Waals surface area contributed by atoms with Crippen molar-refractivity contribution >= 4 is 37.8 Å². The van der Waals surface area contributed by atoms with Crippen molar-refractivity contribution in [3.63, 3.8) is 0 Å². The number of esters is 1. The summed E-state index contributed by atoms with van der Waals surface area (Å²) in [5.74, 6) is -0.131. The summed E-state index contributed by atoms with van der Waals surface area (Å²) < 4.78 is 4.68. The van der Waals surface area contributed by atoms with Gasteiger partial charge in [0, 0.05) is 0 Å². The summed E-state index contributed by atoms with van der Waals surface area (Å²) in [6, 6.07) is 0. The average molecular weight is 286 g/mol. The Morgan fingerprint density at radius 1 is 1.64 bits per heavy atom. The first-order valence-electron chi connectivity index (χ1n) is 3.49. The molecule has 0 bridgehead atoms. The minimum Gasteiger partial charge on any atom is -0.466 e. The van der Waals surface area contributed by atoms with Gasteiger partial charge in [-0.15, -0.1) is 0 Å². The van der Waals surface area contributed by atoms with Crippen molar-refractivity contribution in [1.29, 1.82) is 0 Å². The Labute approximate surface area is 82.9 Å². The fourth-order valence-electron chi connectivity index (χ4n) is 0.912. The molecule has 1 aliphatic rings. The number of hydrogen-bond donors (Lipinski definition) is 0. The van der Waals surface area contributed by atoms with Crippen LogP contribution in [0.5, 0.6) is 0 Å². The van der Waals surface area contributed by atoms with E-state index in [0.717, 1.165) is 6.42 Å². The molecular weight excluding hydrogens is 276 g/mol. The smallest absolute Gasteiger partial charge is 0.314 e. The van der Waals surface area contributed by atoms with Gasteiger partial charge in [-0.25, -0.2) is 0 Å². The van der Waals surface area contributed by atoms with Gasteiger partial charge in [-0.05, 0) is 20.3 Å². The molecule has 0 heterocycles. The summed E-state index contributed by atoms with van der Waals surface area (Å²) in [4.78, 5) is 11.3. The van der Waals surface area contributed by atoms with E-state index in [2.05, 4.69) is 31.9 Å². The molecule has 0 radical (unpaired) electrons. The summed E-state index contributed by atoms with van der Waals surface area (Å²) in [7, 11) is 0. The minimum atomic E-state index is -0.372. The van der Waals surface area contributed by atoms with E-state index in [4.69, 9.17) is 4.74 Å². The predicted octanol–water partition coefficient (Wildman–Crippen LogP) is 2.45. The molecule has 0 aromatic carbocycles. The van der Waals surface area contributed by atoms with Crippen LogP contribution in [0.3, 0.4) is 0 Å². The second kappa shape index (κ2) is 2.73. The highest BCUT2D eigenvalue weighted by Crippen LogP contribution is 2.66. The van der Waals surface area contributed by atoms with Crippen molar-refractivity contribution < 1.29 is 9.53 Å². The molecule has 64 valence electrons. The quantitative estimate of drug-likeness (QED) is 0.575. The first kappa shape index (κ1) is 9.52. The van der Waals surface area contributed by atoms with Gasteiger partial charge in [0.15, 0.2) is 0 Å². The van der Waals surface area contributed by atoms with Gasteiger partial charge in [-0.1, -0.05) is 31.9 Å². The number of carbonyl (C=O) groups excluding carboxylic acids is 1. The average Bonchev–Trinajstić information content (AvgIpc) is 2.35. The van der Waals surface area contributed by atoms with Crippen LogP contribution in [-0.4, -0.2) is 15.8 Å². The van der Waals surface area contributed by atoms with Crippen molar-refractivity contribution in [2.75, 3.05) is 6.61 Å². The van der Waals surface area contributed by atoms with Crippen LogP contribution in [0.1, 0.15) is 20.3 Å². The SMILES string of the molecule is CCOC(=O)C1(C)CC1(Br)Br. The number of ether oxygens (including phenoxy) is 1. The third-order valence-electron chi connectivity index (χ3n) is 1.98. The van der Waals surface area contributed by atoms with E-state index in [1.807, 2.05) is 13.8 Å². The van der Waals surface area contributed by atoms with E-state index in [9.17, 15) is 4.79 Å². The van der Waals surface area contributed by atoms with Crippen LogP contribution in [0.4, 0.5) is 0 Å². The van der Waals surface area contributed by atoms with Gasteiger partial charge in [0.05, 0.1) is 15.3 Å². The first-order valence-corrected chi connectivity index (χ1v) is 5.08. The Balaban J connectivity index is 2.57. The van der Waals surface area contributed by atoms with Crippen LogP contribution in [0.25, 0.3) is 0 Å². The number of hydrogen-bond acceptors (Lipinski definition) is 2. The molecule has 1 fully saturated rings. The minimum absolute atomic E-state index is 0.131. The van der Waals surface area contributed by atoms with Crippen molar-refractivity contribution in [2.24, 2.45) is 5.41 Å².